The highest BCUT2D eigenvalue weighted by molar-refractivity contribution is 5.79. The number of carbonyl (C=O) groups excluding carboxylic acids is 1. The molecule has 3 rings (SSSR count). The quantitative estimate of drug-likeness (QED) is 0.873. The average molecular weight is 261 g/mol. The molecule has 4 nitrogen and oxygen atoms in total. The highest BCUT2D eigenvalue weighted by Gasteiger charge is 2.30. The van der Waals surface area contributed by atoms with Gasteiger partial charge in [-0.05, 0) is 37.8 Å². The molecule has 2 aliphatic rings. The van der Waals surface area contributed by atoms with E-state index < -0.39 is 0 Å². The third-order valence-corrected chi connectivity index (χ3v) is 4.45. The van der Waals surface area contributed by atoms with E-state index in [4.69, 9.17) is 0 Å². The van der Waals surface area contributed by atoms with Gasteiger partial charge < -0.3 is 15.2 Å². The summed E-state index contributed by atoms with van der Waals surface area (Å²) >= 11 is 0. The van der Waals surface area contributed by atoms with Crippen LogP contribution in [0.1, 0.15) is 50.3 Å². The van der Waals surface area contributed by atoms with Crippen LogP contribution < -0.4 is 5.32 Å². The van der Waals surface area contributed by atoms with E-state index in [1.54, 1.807) is 0 Å². The van der Waals surface area contributed by atoms with Crippen molar-refractivity contribution in [1.82, 2.24) is 15.2 Å². The molecule has 104 valence electrons. The molecule has 0 aromatic carbocycles. The number of hydrogen-bond acceptors (Lipinski definition) is 2. The lowest BCUT2D eigenvalue weighted by atomic mass is 10.1. The van der Waals surface area contributed by atoms with Gasteiger partial charge >= 0.3 is 0 Å². The fraction of sp³-hybridized carbons (Fsp3) is 0.667. The Bertz CT molecular complexity index is 409. The molecular formula is C15H23N3O. The van der Waals surface area contributed by atoms with E-state index in [9.17, 15) is 4.79 Å². The zero-order valence-corrected chi connectivity index (χ0v) is 11.4. The summed E-state index contributed by atoms with van der Waals surface area (Å²) < 4.78 is 0. The van der Waals surface area contributed by atoms with Gasteiger partial charge in [0.2, 0.25) is 5.91 Å². The van der Waals surface area contributed by atoms with Crippen molar-refractivity contribution in [2.45, 2.75) is 50.6 Å². The van der Waals surface area contributed by atoms with Crippen LogP contribution in [-0.4, -0.2) is 34.9 Å². The largest absolute Gasteiger partial charge is 0.363 e. The fourth-order valence-electron chi connectivity index (χ4n) is 3.40. The summed E-state index contributed by atoms with van der Waals surface area (Å²) in [5, 5.41) is 3.42. The van der Waals surface area contributed by atoms with Gasteiger partial charge in [-0.25, -0.2) is 0 Å². The molecular weight excluding hydrogens is 238 g/mol. The first-order valence-corrected chi connectivity index (χ1v) is 7.51. The van der Waals surface area contributed by atoms with E-state index in [-0.39, 0.29) is 11.9 Å². The molecule has 2 fully saturated rings. The zero-order chi connectivity index (χ0) is 13.1. The predicted octanol–water partition coefficient (Wildman–Crippen LogP) is 2.21. The number of carbonyl (C=O) groups is 1. The Morgan fingerprint density at radius 2 is 2.16 bits per heavy atom. The molecule has 1 aliphatic carbocycles. The number of aromatic amines is 1. The first-order chi connectivity index (χ1) is 9.34. The Kier molecular flexibility index (Phi) is 3.87. The molecule has 2 N–H and O–H groups in total. The van der Waals surface area contributed by atoms with Crippen LogP contribution in [0, 0.1) is 0 Å². The SMILES string of the molecule is O=C(CNC1CCCC1)N1CCCC1c1ccc[nH]1. The van der Waals surface area contributed by atoms with Crippen LogP contribution in [0.25, 0.3) is 0 Å². The van der Waals surface area contributed by atoms with Crippen molar-refractivity contribution in [3.63, 3.8) is 0 Å². The summed E-state index contributed by atoms with van der Waals surface area (Å²) in [6.07, 6.45) is 9.20. The number of nitrogens with zero attached hydrogens (tertiary/aromatic N) is 1. The van der Waals surface area contributed by atoms with E-state index >= 15 is 0 Å². The molecule has 1 unspecified atom stereocenters. The van der Waals surface area contributed by atoms with Crippen LogP contribution in [0.4, 0.5) is 0 Å². The molecule has 1 aliphatic heterocycles. The summed E-state index contributed by atoms with van der Waals surface area (Å²) in [6, 6.07) is 4.91. The molecule has 0 bridgehead atoms. The van der Waals surface area contributed by atoms with E-state index in [0.717, 1.165) is 19.4 Å². The van der Waals surface area contributed by atoms with Crippen molar-refractivity contribution in [3.8, 4) is 0 Å². The number of nitrogens with one attached hydrogen (secondary N) is 2. The van der Waals surface area contributed by atoms with E-state index in [2.05, 4.69) is 16.4 Å². The van der Waals surface area contributed by atoms with Crippen molar-refractivity contribution in [2.24, 2.45) is 0 Å². The van der Waals surface area contributed by atoms with E-state index in [1.165, 1.54) is 31.4 Å². The van der Waals surface area contributed by atoms with Gasteiger partial charge in [0.25, 0.3) is 0 Å². The third kappa shape index (κ3) is 2.84. The lowest BCUT2D eigenvalue weighted by Crippen LogP contribution is -2.40. The van der Waals surface area contributed by atoms with Gasteiger partial charge in [0.05, 0.1) is 12.6 Å². The summed E-state index contributed by atoms with van der Waals surface area (Å²) in [4.78, 5) is 17.6. The summed E-state index contributed by atoms with van der Waals surface area (Å²) in [6.45, 7) is 1.40. The Labute approximate surface area is 114 Å². The Morgan fingerprint density at radius 3 is 2.89 bits per heavy atom. The van der Waals surface area contributed by atoms with Gasteiger partial charge in [-0.2, -0.15) is 0 Å². The topological polar surface area (TPSA) is 48.1 Å². The lowest BCUT2D eigenvalue weighted by molar-refractivity contribution is -0.131. The second kappa shape index (κ2) is 5.78. The number of H-pyrrole nitrogens is 1. The number of aromatic nitrogens is 1. The van der Waals surface area contributed by atoms with Crippen LogP contribution in [0.5, 0.6) is 0 Å². The van der Waals surface area contributed by atoms with Gasteiger partial charge in [-0.15, -0.1) is 0 Å². The predicted molar refractivity (Wildman–Crippen MR) is 74.7 cm³/mol. The molecule has 19 heavy (non-hydrogen) atoms. The van der Waals surface area contributed by atoms with Crippen LogP contribution in [0.15, 0.2) is 18.3 Å². The first-order valence-electron chi connectivity index (χ1n) is 7.51. The second-order valence-electron chi connectivity index (χ2n) is 5.73. The monoisotopic (exact) mass is 261 g/mol. The molecule has 1 saturated heterocycles. The van der Waals surface area contributed by atoms with Crippen LogP contribution in [0.2, 0.25) is 0 Å². The van der Waals surface area contributed by atoms with Gasteiger partial charge in [0.1, 0.15) is 0 Å². The molecule has 1 amide bonds. The minimum absolute atomic E-state index is 0.254. The molecule has 1 aromatic heterocycles. The molecule has 4 heteroatoms. The number of likely N-dealkylation sites (tertiary alicyclic amines) is 1. The zero-order valence-electron chi connectivity index (χ0n) is 11.4. The highest BCUT2D eigenvalue weighted by atomic mass is 16.2. The lowest BCUT2D eigenvalue weighted by Gasteiger charge is -2.25. The van der Waals surface area contributed by atoms with Crippen molar-refractivity contribution in [2.75, 3.05) is 13.1 Å². The first kappa shape index (κ1) is 12.7. The standard InChI is InChI=1S/C15H23N3O/c19-15(11-17-12-5-1-2-6-12)18-10-4-8-14(18)13-7-3-9-16-13/h3,7,9,12,14,16-17H,1-2,4-6,8,10-11H2. The molecule has 1 saturated carbocycles. The maximum absolute atomic E-state index is 12.4. The number of amides is 1. The fourth-order valence-corrected chi connectivity index (χ4v) is 3.40. The second-order valence-corrected chi connectivity index (χ2v) is 5.73. The molecule has 1 atom stereocenters. The highest BCUT2D eigenvalue weighted by Crippen LogP contribution is 2.30. The van der Waals surface area contributed by atoms with Crippen molar-refractivity contribution in [1.29, 1.82) is 0 Å². The van der Waals surface area contributed by atoms with Gasteiger partial charge in [-0.3, -0.25) is 4.79 Å². The van der Waals surface area contributed by atoms with E-state index in [0.29, 0.717) is 12.6 Å². The van der Waals surface area contributed by atoms with Crippen LogP contribution >= 0.6 is 0 Å². The normalized spacial score (nSPS) is 24.2. The Hall–Kier alpha value is -1.29. The van der Waals surface area contributed by atoms with Gasteiger partial charge in [0.15, 0.2) is 0 Å². The summed E-state index contributed by atoms with van der Waals surface area (Å²) in [5.74, 6) is 0.254. The number of rotatable bonds is 4. The van der Waals surface area contributed by atoms with Crippen molar-refractivity contribution < 1.29 is 4.79 Å². The summed E-state index contributed by atoms with van der Waals surface area (Å²) in [5.41, 5.74) is 1.17. The minimum Gasteiger partial charge on any atom is -0.363 e. The molecule has 0 radical (unpaired) electrons. The summed E-state index contributed by atoms with van der Waals surface area (Å²) in [7, 11) is 0. The smallest absolute Gasteiger partial charge is 0.237 e. The van der Waals surface area contributed by atoms with E-state index in [1.807, 2.05) is 17.2 Å². The maximum atomic E-state index is 12.4. The maximum Gasteiger partial charge on any atom is 0.237 e. The van der Waals surface area contributed by atoms with Gasteiger partial charge in [0, 0.05) is 24.5 Å². The minimum atomic E-state index is 0.254. The number of hydrogen-bond donors (Lipinski definition) is 2. The third-order valence-electron chi connectivity index (χ3n) is 4.45. The molecule has 2 heterocycles. The molecule has 0 spiro atoms. The van der Waals surface area contributed by atoms with Crippen molar-refractivity contribution >= 4 is 5.91 Å². The van der Waals surface area contributed by atoms with Crippen LogP contribution in [0.3, 0.4) is 0 Å². The molecule has 1 aromatic rings. The Balaban J connectivity index is 1.56. The van der Waals surface area contributed by atoms with Crippen LogP contribution in [-0.2, 0) is 4.79 Å². The van der Waals surface area contributed by atoms with Gasteiger partial charge in [-0.1, -0.05) is 12.8 Å². The van der Waals surface area contributed by atoms with Crippen molar-refractivity contribution in [3.05, 3.63) is 24.0 Å². The Morgan fingerprint density at radius 1 is 1.32 bits per heavy atom. The average Bonchev–Trinajstić information content (AvgIpc) is 3.14.